The number of amides is 1. The van der Waals surface area contributed by atoms with Crippen LogP contribution in [-0.4, -0.2) is 49.4 Å². The first-order valence-corrected chi connectivity index (χ1v) is 11.1. The van der Waals surface area contributed by atoms with E-state index in [0.717, 1.165) is 0 Å². The van der Waals surface area contributed by atoms with E-state index in [0.29, 0.717) is 23.5 Å². The van der Waals surface area contributed by atoms with Gasteiger partial charge >= 0.3 is 6.18 Å². The minimum absolute atomic E-state index is 0.0475. The molecule has 1 fully saturated rings. The highest BCUT2D eigenvalue weighted by Crippen LogP contribution is 2.64. The van der Waals surface area contributed by atoms with Gasteiger partial charge in [0.1, 0.15) is 28.4 Å². The standard InChI is InChI=1S/C24H18F4N4O4/c1-12-9-31(11-29-12)16-3-4-17-19(33)30(5-6-32(17)20(16)34)10-23-14-7-13(24(26,27)28)15(25)8-18(14)36-22(23,2)21(23)35/h3-4,7-9,11H,5-6,10H2,1-2H3/t22-,23+/m0/s1. The average molecular weight is 502 g/mol. The van der Waals surface area contributed by atoms with Gasteiger partial charge in [0.05, 0.1) is 17.6 Å². The van der Waals surface area contributed by atoms with Crippen LogP contribution in [-0.2, 0) is 22.9 Å². The van der Waals surface area contributed by atoms with Gasteiger partial charge in [-0.05, 0) is 32.0 Å². The third-order valence-corrected chi connectivity index (χ3v) is 7.39. The number of aryl methyl sites for hydroxylation is 1. The zero-order valence-corrected chi connectivity index (χ0v) is 19.0. The van der Waals surface area contributed by atoms with E-state index in [1.165, 1.54) is 34.9 Å². The molecule has 3 aromatic rings. The molecule has 3 aliphatic rings. The number of alkyl halides is 3. The van der Waals surface area contributed by atoms with Crippen molar-refractivity contribution in [2.45, 2.75) is 37.6 Å². The van der Waals surface area contributed by atoms with E-state index < -0.39 is 45.8 Å². The van der Waals surface area contributed by atoms with E-state index >= 15 is 0 Å². The molecule has 0 spiro atoms. The molecule has 1 saturated carbocycles. The fraction of sp³-hybridized carbons (Fsp3) is 0.333. The quantitative estimate of drug-likeness (QED) is 0.514. The smallest absolute Gasteiger partial charge is 0.419 e. The molecule has 36 heavy (non-hydrogen) atoms. The fourth-order valence-electron chi connectivity index (χ4n) is 5.41. The summed E-state index contributed by atoms with van der Waals surface area (Å²) in [5.74, 6) is -2.68. The van der Waals surface area contributed by atoms with Crippen LogP contribution in [0.3, 0.4) is 0 Å². The molecule has 1 aromatic carbocycles. The summed E-state index contributed by atoms with van der Waals surface area (Å²) in [5.41, 5.74) is -3.94. The van der Waals surface area contributed by atoms with Gasteiger partial charge in [-0.1, -0.05) is 0 Å². The first-order chi connectivity index (χ1) is 16.9. The van der Waals surface area contributed by atoms with Crippen molar-refractivity contribution < 1.29 is 31.9 Å². The number of imidazole rings is 1. The first kappa shape index (κ1) is 22.5. The predicted molar refractivity (Wildman–Crippen MR) is 116 cm³/mol. The zero-order valence-electron chi connectivity index (χ0n) is 19.0. The van der Waals surface area contributed by atoms with E-state index in [1.54, 1.807) is 17.7 Å². The van der Waals surface area contributed by atoms with Crippen LogP contribution >= 0.6 is 0 Å². The lowest BCUT2D eigenvalue weighted by atomic mass is 9.90. The summed E-state index contributed by atoms with van der Waals surface area (Å²) in [5, 5.41) is 0. The highest BCUT2D eigenvalue weighted by molar-refractivity contribution is 6.19. The van der Waals surface area contributed by atoms with Gasteiger partial charge in [-0.15, -0.1) is 0 Å². The molecule has 8 nitrogen and oxygen atoms in total. The number of benzene rings is 1. The Morgan fingerprint density at radius 1 is 1.14 bits per heavy atom. The van der Waals surface area contributed by atoms with Gasteiger partial charge < -0.3 is 18.8 Å². The highest BCUT2D eigenvalue weighted by Gasteiger charge is 2.83. The number of hydrogen-bond donors (Lipinski definition) is 0. The largest absolute Gasteiger partial charge is 0.478 e. The molecule has 0 saturated heterocycles. The Morgan fingerprint density at radius 2 is 1.89 bits per heavy atom. The van der Waals surface area contributed by atoms with Gasteiger partial charge in [0.25, 0.3) is 11.5 Å². The lowest BCUT2D eigenvalue weighted by Crippen LogP contribution is -2.48. The molecule has 1 aliphatic carbocycles. The number of halogens is 4. The monoisotopic (exact) mass is 502 g/mol. The molecule has 0 radical (unpaired) electrons. The van der Waals surface area contributed by atoms with Gasteiger partial charge in [-0.2, -0.15) is 13.2 Å². The molecule has 12 heteroatoms. The number of carbonyl (C=O) groups is 2. The lowest BCUT2D eigenvalue weighted by Gasteiger charge is -2.32. The van der Waals surface area contributed by atoms with Crippen molar-refractivity contribution in [2.24, 2.45) is 0 Å². The molecular weight excluding hydrogens is 484 g/mol. The number of rotatable bonds is 3. The number of carbonyl (C=O) groups excluding carboxylic acids is 2. The van der Waals surface area contributed by atoms with Crippen LogP contribution in [0.5, 0.6) is 5.75 Å². The number of nitrogens with zero attached hydrogens (tertiary/aromatic N) is 4. The molecular formula is C24H18F4N4O4. The number of Topliss-reactive ketones (excluding diaryl/α,β-unsaturated/α-hetero) is 1. The molecule has 1 amide bonds. The Bertz CT molecular complexity index is 1560. The van der Waals surface area contributed by atoms with Crippen LogP contribution in [0, 0.1) is 12.7 Å². The van der Waals surface area contributed by atoms with E-state index in [-0.39, 0.29) is 36.6 Å². The summed E-state index contributed by atoms with van der Waals surface area (Å²) < 4.78 is 62.8. The number of ether oxygens (including phenoxy) is 1. The maximum absolute atomic E-state index is 14.1. The fourth-order valence-corrected chi connectivity index (χ4v) is 5.41. The van der Waals surface area contributed by atoms with E-state index in [2.05, 4.69) is 4.98 Å². The molecule has 6 rings (SSSR count). The van der Waals surface area contributed by atoms with Gasteiger partial charge in [-0.25, -0.2) is 9.37 Å². The second kappa shape index (κ2) is 6.83. The van der Waals surface area contributed by atoms with E-state index in [4.69, 9.17) is 4.74 Å². The van der Waals surface area contributed by atoms with Crippen LogP contribution in [0.4, 0.5) is 17.6 Å². The van der Waals surface area contributed by atoms with Gasteiger partial charge in [0, 0.05) is 37.5 Å². The minimum atomic E-state index is -4.97. The molecule has 2 atom stereocenters. The number of aromatic nitrogens is 3. The maximum atomic E-state index is 14.1. The Morgan fingerprint density at radius 3 is 2.56 bits per heavy atom. The third-order valence-electron chi connectivity index (χ3n) is 7.39. The summed E-state index contributed by atoms with van der Waals surface area (Å²) in [6.07, 6.45) is -1.80. The predicted octanol–water partition coefficient (Wildman–Crippen LogP) is 2.63. The Balaban J connectivity index is 1.36. The number of hydrogen-bond acceptors (Lipinski definition) is 5. The topological polar surface area (TPSA) is 86.4 Å². The van der Waals surface area contributed by atoms with Crippen LogP contribution < -0.4 is 10.3 Å². The highest BCUT2D eigenvalue weighted by atomic mass is 19.4. The molecule has 186 valence electrons. The number of fused-ring (bicyclic) bond motifs is 4. The van der Waals surface area contributed by atoms with E-state index in [9.17, 15) is 31.9 Å². The van der Waals surface area contributed by atoms with Crippen molar-refractivity contribution in [1.82, 2.24) is 19.0 Å². The van der Waals surface area contributed by atoms with Crippen molar-refractivity contribution in [3.05, 3.63) is 75.5 Å². The van der Waals surface area contributed by atoms with Crippen LogP contribution in [0.25, 0.3) is 5.69 Å². The molecule has 0 bridgehead atoms. The minimum Gasteiger partial charge on any atom is -0.478 e. The Labute approximate surface area is 200 Å². The number of pyridine rings is 1. The second-order valence-corrected chi connectivity index (χ2v) is 9.41. The lowest BCUT2D eigenvalue weighted by molar-refractivity contribution is -0.140. The van der Waals surface area contributed by atoms with Crippen molar-refractivity contribution in [3.63, 3.8) is 0 Å². The van der Waals surface area contributed by atoms with Crippen molar-refractivity contribution >= 4 is 11.7 Å². The normalized spacial score (nSPS) is 24.3. The maximum Gasteiger partial charge on any atom is 0.419 e. The van der Waals surface area contributed by atoms with Gasteiger partial charge in [0.2, 0.25) is 0 Å². The summed E-state index contributed by atoms with van der Waals surface area (Å²) in [4.78, 5) is 44.7. The average Bonchev–Trinajstić information content (AvgIpc) is 3.11. The van der Waals surface area contributed by atoms with Crippen LogP contribution in [0.2, 0.25) is 0 Å². The molecule has 0 N–H and O–H groups in total. The molecule has 0 unspecified atom stereocenters. The Hall–Kier alpha value is -3.96. The zero-order chi connectivity index (χ0) is 25.8. The van der Waals surface area contributed by atoms with Crippen LogP contribution in [0.1, 0.15) is 34.2 Å². The van der Waals surface area contributed by atoms with Gasteiger partial charge in [-0.3, -0.25) is 14.4 Å². The van der Waals surface area contributed by atoms with Crippen molar-refractivity contribution in [3.8, 4) is 11.4 Å². The summed E-state index contributed by atoms with van der Waals surface area (Å²) in [7, 11) is 0. The SMILES string of the molecule is Cc1cn(-c2ccc3n(c2=O)CCN(C[C@@]24C(=O)[C@]2(C)Oc2cc(F)c(C(F)(F)F)cc24)C3=O)cn1. The molecule has 4 heterocycles. The summed E-state index contributed by atoms with van der Waals surface area (Å²) >= 11 is 0. The van der Waals surface area contributed by atoms with Crippen molar-refractivity contribution in [1.29, 1.82) is 0 Å². The van der Waals surface area contributed by atoms with Gasteiger partial charge in [0.15, 0.2) is 11.4 Å². The summed E-state index contributed by atoms with van der Waals surface area (Å²) in [6.45, 7) is 3.11. The van der Waals surface area contributed by atoms with Crippen LogP contribution in [0.15, 0.2) is 41.6 Å². The summed E-state index contributed by atoms with van der Waals surface area (Å²) in [6, 6.07) is 4.22. The van der Waals surface area contributed by atoms with E-state index in [1.807, 2.05) is 0 Å². The van der Waals surface area contributed by atoms with Crippen molar-refractivity contribution in [2.75, 3.05) is 13.1 Å². The Kier molecular flexibility index (Phi) is 4.27. The molecule has 2 aromatic heterocycles. The first-order valence-electron chi connectivity index (χ1n) is 11.1. The number of ketones is 1. The third kappa shape index (κ3) is 2.75. The second-order valence-electron chi connectivity index (χ2n) is 9.41. The molecule has 2 aliphatic heterocycles.